The van der Waals surface area contributed by atoms with Gasteiger partial charge in [0.2, 0.25) is 0 Å². The minimum Gasteiger partial charge on any atom is -0.481 e. The molecule has 1 aliphatic heterocycles. The summed E-state index contributed by atoms with van der Waals surface area (Å²) in [6.45, 7) is 0. The van der Waals surface area contributed by atoms with Gasteiger partial charge in [-0.1, -0.05) is 17.7 Å². The molecular weight excluding hydrogens is 236 g/mol. The molecule has 1 aliphatic rings. The van der Waals surface area contributed by atoms with Crippen molar-refractivity contribution in [2.24, 2.45) is 0 Å². The Hall–Kier alpha value is -1.74. The van der Waals surface area contributed by atoms with Crippen molar-refractivity contribution >= 4 is 17.3 Å². The van der Waals surface area contributed by atoms with E-state index in [9.17, 15) is 0 Å². The van der Waals surface area contributed by atoms with E-state index in [2.05, 4.69) is 4.98 Å². The number of halogens is 1. The van der Waals surface area contributed by atoms with Crippen LogP contribution in [0.25, 0.3) is 0 Å². The van der Waals surface area contributed by atoms with Gasteiger partial charge in [0.1, 0.15) is 11.9 Å². The van der Waals surface area contributed by atoms with Crippen LogP contribution in [0.3, 0.4) is 0 Å². The molecular formula is C13H11ClN2O. The van der Waals surface area contributed by atoms with Gasteiger partial charge < -0.3 is 10.5 Å². The van der Waals surface area contributed by atoms with E-state index >= 15 is 0 Å². The average Bonchev–Trinajstić information content (AvgIpc) is 2.81. The number of pyridine rings is 1. The molecule has 0 fully saturated rings. The van der Waals surface area contributed by atoms with Crippen molar-refractivity contribution in [2.75, 3.05) is 5.73 Å². The van der Waals surface area contributed by atoms with Crippen LogP contribution in [-0.4, -0.2) is 4.98 Å². The van der Waals surface area contributed by atoms with Crippen molar-refractivity contribution in [1.29, 1.82) is 0 Å². The van der Waals surface area contributed by atoms with Crippen molar-refractivity contribution < 1.29 is 4.74 Å². The summed E-state index contributed by atoms with van der Waals surface area (Å²) in [4.78, 5) is 4.29. The Morgan fingerprint density at radius 1 is 1.29 bits per heavy atom. The maximum atomic E-state index is 6.14. The molecule has 86 valence electrons. The highest BCUT2D eigenvalue weighted by Crippen LogP contribution is 2.43. The summed E-state index contributed by atoms with van der Waals surface area (Å²) in [6.07, 6.45) is 2.39. The van der Waals surface area contributed by atoms with E-state index < -0.39 is 0 Å². The van der Waals surface area contributed by atoms with Gasteiger partial charge in [-0.05, 0) is 24.3 Å². The van der Waals surface area contributed by atoms with Gasteiger partial charge in [-0.2, -0.15) is 0 Å². The van der Waals surface area contributed by atoms with Crippen LogP contribution in [0.5, 0.6) is 5.75 Å². The number of ether oxygens (including phenoxy) is 1. The van der Waals surface area contributed by atoms with Gasteiger partial charge in [0.05, 0.1) is 11.4 Å². The molecule has 17 heavy (non-hydrogen) atoms. The second-order valence-electron chi connectivity index (χ2n) is 4.01. The van der Waals surface area contributed by atoms with Crippen LogP contribution in [0.15, 0.2) is 36.5 Å². The quantitative estimate of drug-likeness (QED) is 0.787. The Morgan fingerprint density at radius 3 is 2.88 bits per heavy atom. The highest BCUT2D eigenvalue weighted by atomic mass is 35.5. The first kappa shape index (κ1) is 10.4. The van der Waals surface area contributed by atoms with E-state index in [1.165, 1.54) is 0 Å². The van der Waals surface area contributed by atoms with Gasteiger partial charge in [-0.3, -0.25) is 4.98 Å². The van der Waals surface area contributed by atoms with Gasteiger partial charge in [-0.25, -0.2) is 0 Å². The standard InChI is InChI=1S/C13H11ClN2O/c14-9-4-5-10(15)13-8(9)7-12(17-13)11-3-1-2-6-16-11/h1-6,12H,7,15H2. The number of benzene rings is 1. The molecule has 1 atom stereocenters. The number of nitrogens with zero attached hydrogens (tertiary/aromatic N) is 1. The second-order valence-corrected chi connectivity index (χ2v) is 4.42. The largest absolute Gasteiger partial charge is 0.481 e. The summed E-state index contributed by atoms with van der Waals surface area (Å²) in [5.41, 5.74) is 8.38. The molecule has 1 aromatic heterocycles. The lowest BCUT2D eigenvalue weighted by molar-refractivity contribution is 0.234. The van der Waals surface area contributed by atoms with E-state index in [4.69, 9.17) is 22.1 Å². The zero-order valence-corrected chi connectivity index (χ0v) is 9.82. The zero-order chi connectivity index (χ0) is 11.8. The Bertz CT molecular complexity index is 526. The second kappa shape index (κ2) is 3.93. The molecule has 0 aliphatic carbocycles. The van der Waals surface area contributed by atoms with E-state index in [-0.39, 0.29) is 6.10 Å². The predicted molar refractivity (Wildman–Crippen MR) is 67.2 cm³/mol. The van der Waals surface area contributed by atoms with Crippen LogP contribution in [0.4, 0.5) is 5.69 Å². The summed E-state index contributed by atoms with van der Waals surface area (Å²) in [7, 11) is 0. The summed E-state index contributed by atoms with van der Waals surface area (Å²) in [6, 6.07) is 9.34. The lowest BCUT2D eigenvalue weighted by Gasteiger charge is -2.10. The number of nitrogens with two attached hydrogens (primary N) is 1. The van der Waals surface area contributed by atoms with E-state index in [0.29, 0.717) is 16.5 Å². The Labute approximate surface area is 104 Å². The molecule has 0 amide bonds. The Morgan fingerprint density at radius 2 is 2.18 bits per heavy atom. The monoisotopic (exact) mass is 246 g/mol. The third-order valence-electron chi connectivity index (χ3n) is 2.90. The molecule has 2 heterocycles. The SMILES string of the molecule is Nc1ccc(Cl)c2c1OC(c1ccccn1)C2. The number of hydrogen-bond donors (Lipinski definition) is 1. The summed E-state index contributed by atoms with van der Waals surface area (Å²) in [5, 5.41) is 0.702. The van der Waals surface area contributed by atoms with Crippen molar-refractivity contribution in [2.45, 2.75) is 12.5 Å². The minimum atomic E-state index is -0.0894. The fourth-order valence-corrected chi connectivity index (χ4v) is 2.28. The zero-order valence-electron chi connectivity index (χ0n) is 9.06. The Balaban J connectivity index is 1.98. The van der Waals surface area contributed by atoms with Gasteiger partial charge >= 0.3 is 0 Å². The first-order valence-electron chi connectivity index (χ1n) is 5.40. The highest BCUT2D eigenvalue weighted by Gasteiger charge is 2.28. The van der Waals surface area contributed by atoms with Crippen molar-refractivity contribution in [1.82, 2.24) is 4.98 Å². The average molecular weight is 247 g/mol. The smallest absolute Gasteiger partial charge is 0.148 e. The molecule has 0 bridgehead atoms. The molecule has 3 nitrogen and oxygen atoms in total. The van der Waals surface area contributed by atoms with Gasteiger partial charge in [-0.15, -0.1) is 0 Å². The van der Waals surface area contributed by atoms with E-state index in [1.54, 1.807) is 18.3 Å². The number of anilines is 1. The van der Waals surface area contributed by atoms with Crippen LogP contribution >= 0.6 is 11.6 Å². The molecule has 0 spiro atoms. The van der Waals surface area contributed by atoms with Crippen LogP contribution in [0.1, 0.15) is 17.4 Å². The van der Waals surface area contributed by atoms with Crippen LogP contribution in [-0.2, 0) is 6.42 Å². The van der Waals surface area contributed by atoms with Gasteiger partial charge in [0, 0.05) is 23.2 Å². The van der Waals surface area contributed by atoms with Crippen LogP contribution in [0, 0.1) is 0 Å². The minimum absolute atomic E-state index is 0.0894. The Kier molecular flexibility index (Phi) is 2.41. The maximum absolute atomic E-state index is 6.14. The highest BCUT2D eigenvalue weighted by molar-refractivity contribution is 6.31. The molecule has 0 radical (unpaired) electrons. The van der Waals surface area contributed by atoms with Crippen LogP contribution < -0.4 is 10.5 Å². The number of fused-ring (bicyclic) bond motifs is 1. The molecule has 3 rings (SSSR count). The molecule has 0 saturated carbocycles. The lowest BCUT2D eigenvalue weighted by atomic mass is 10.1. The fourth-order valence-electron chi connectivity index (χ4n) is 2.05. The van der Waals surface area contributed by atoms with Crippen molar-refractivity contribution in [3.05, 3.63) is 52.8 Å². The molecule has 1 aromatic carbocycles. The number of aromatic nitrogens is 1. The summed E-state index contributed by atoms with van der Waals surface area (Å²) >= 11 is 6.14. The number of rotatable bonds is 1. The number of hydrogen-bond acceptors (Lipinski definition) is 3. The van der Waals surface area contributed by atoms with Gasteiger partial charge in [0.15, 0.2) is 0 Å². The fraction of sp³-hybridized carbons (Fsp3) is 0.154. The van der Waals surface area contributed by atoms with Crippen molar-refractivity contribution in [3.63, 3.8) is 0 Å². The van der Waals surface area contributed by atoms with Crippen molar-refractivity contribution in [3.8, 4) is 5.75 Å². The number of nitrogen functional groups attached to an aromatic ring is 1. The van der Waals surface area contributed by atoms with Gasteiger partial charge in [0.25, 0.3) is 0 Å². The lowest BCUT2D eigenvalue weighted by Crippen LogP contribution is -2.05. The molecule has 0 saturated heterocycles. The third kappa shape index (κ3) is 1.72. The van der Waals surface area contributed by atoms with Crippen LogP contribution in [0.2, 0.25) is 5.02 Å². The predicted octanol–water partition coefficient (Wildman–Crippen LogP) is 2.99. The maximum Gasteiger partial charge on any atom is 0.148 e. The molecule has 2 N–H and O–H groups in total. The summed E-state index contributed by atoms with van der Waals surface area (Å²) < 4.78 is 5.83. The van der Waals surface area contributed by atoms with E-state index in [0.717, 1.165) is 17.7 Å². The normalized spacial score (nSPS) is 17.6. The third-order valence-corrected chi connectivity index (χ3v) is 3.26. The first-order chi connectivity index (χ1) is 8.25. The van der Waals surface area contributed by atoms with E-state index in [1.807, 2.05) is 18.2 Å². The molecule has 2 aromatic rings. The first-order valence-corrected chi connectivity index (χ1v) is 5.78. The molecule has 1 unspecified atom stereocenters. The topological polar surface area (TPSA) is 48.1 Å². The molecule has 4 heteroatoms. The summed E-state index contributed by atoms with van der Waals surface area (Å²) in [5.74, 6) is 0.702.